The van der Waals surface area contributed by atoms with Gasteiger partial charge in [0.15, 0.2) is 0 Å². The van der Waals surface area contributed by atoms with E-state index < -0.39 is 37.6 Å². The number of halogens is 1. The Balaban J connectivity index is 0.000000419. The summed E-state index contributed by atoms with van der Waals surface area (Å²) in [4.78, 5) is 0. The van der Waals surface area contributed by atoms with Crippen molar-refractivity contribution in [1.29, 1.82) is 0 Å². The highest BCUT2D eigenvalue weighted by Crippen LogP contribution is 2.08. The van der Waals surface area contributed by atoms with Gasteiger partial charge in [-0.3, -0.25) is 0 Å². The van der Waals surface area contributed by atoms with Crippen LogP contribution >= 0.6 is 11.6 Å². The number of hydrogen-bond acceptors (Lipinski definition) is 7. The molecule has 0 saturated carbocycles. The summed E-state index contributed by atoms with van der Waals surface area (Å²) in [5.74, 6) is 0.667. The first kappa shape index (κ1) is 17.0. The first-order valence-electron chi connectivity index (χ1n) is 5.09. The molecule has 1 saturated heterocycles. The maximum atomic E-state index is 8.96. The standard InChI is InChI=1S/C6H14O6.C3H5ClO/c7-1-3(9)5(11)6(12)4(10)2-8;4-1-3-2-5-3/h3-12H,1-2H2;3H,1-2H2. The van der Waals surface area contributed by atoms with Crippen LogP contribution in [0.5, 0.6) is 0 Å². The van der Waals surface area contributed by atoms with Gasteiger partial charge >= 0.3 is 0 Å². The topological polar surface area (TPSA) is 134 Å². The number of alkyl halides is 1. The maximum Gasteiger partial charge on any atom is 0.111 e. The number of ether oxygens (including phenoxy) is 1. The molecule has 104 valence electrons. The van der Waals surface area contributed by atoms with Gasteiger partial charge in [-0.25, -0.2) is 0 Å². The van der Waals surface area contributed by atoms with Gasteiger partial charge in [0, 0.05) is 0 Å². The Bertz CT molecular complexity index is 176. The van der Waals surface area contributed by atoms with Crippen molar-refractivity contribution in [3.8, 4) is 0 Å². The zero-order valence-corrected chi connectivity index (χ0v) is 9.94. The van der Waals surface area contributed by atoms with E-state index in [-0.39, 0.29) is 0 Å². The van der Waals surface area contributed by atoms with Crippen LogP contribution in [0.4, 0.5) is 0 Å². The van der Waals surface area contributed by atoms with Crippen molar-refractivity contribution < 1.29 is 35.4 Å². The van der Waals surface area contributed by atoms with E-state index in [9.17, 15) is 0 Å². The molecule has 1 aliphatic heterocycles. The maximum absolute atomic E-state index is 8.96. The average molecular weight is 275 g/mol. The molecule has 7 nitrogen and oxygen atoms in total. The van der Waals surface area contributed by atoms with Crippen LogP contribution in [0.2, 0.25) is 0 Å². The van der Waals surface area contributed by atoms with Crippen molar-refractivity contribution in [3.63, 3.8) is 0 Å². The van der Waals surface area contributed by atoms with E-state index in [1.165, 1.54) is 0 Å². The second kappa shape index (κ2) is 9.01. The van der Waals surface area contributed by atoms with Gasteiger partial charge in [-0.15, -0.1) is 11.6 Å². The lowest BCUT2D eigenvalue weighted by atomic mass is 10.0. The Labute approximate surface area is 104 Å². The zero-order chi connectivity index (χ0) is 13.4. The summed E-state index contributed by atoms with van der Waals surface area (Å²) in [6.07, 6.45) is -5.99. The third-order valence-corrected chi connectivity index (χ3v) is 2.43. The van der Waals surface area contributed by atoms with Crippen LogP contribution in [0.15, 0.2) is 0 Å². The minimum Gasteiger partial charge on any atom is -0.394 e. The number of epoxide rings is 1. The fraction of sp³-hybridized carbons (Fsp3) is 1.00. The fourth-order valence-corrected chi connectivity index (χ4v) is 1.01. The van der Waals surface area contributed by atoms with Crippen LogP contribution in [-0.2, 0) is 4.74 Å². The van der Waals surface area contributed by atoms with E-state index in [2.05, 4.69) is 0 Å². The smallest absolute Gasteiger partial charge is 0.111 e. The molecule has 8 heteroatoms. The minimum absolute atomic E-state index is 0.400. The van der Waals surface area contributed by atoms with E-state index >= 15 is 0 Å². The third kappa shape index (κ3) is 7.12. The SMILES string of the molecule is ClCC1CO1.OCC(O)C(O)C(O)C(O)CO. The van der Waals surface area contributed by atoms with Gasteiger partial charge in [0.05, 0.1) is 31.8 Å². The fourth-order valence-electron chi connectivity index (χ4n) is 0.828. The molecule has 1 aliphatic rings. The van der Waals surface area contributed by atoms with Gasteiger partial charge in [-0.1, -0.05) is 0 Å². The van der Waals surface area contributed by atoms with Crippen molar-refractivity contribution in [1.82, 2.24) is 0 Å². The molecule has 1 fully saturated rings. The van der Waals surface area contributed by atoms with Crippen molar-refractivity contribution in [2.24, 2.45) is 0 Å². The number of rotatable bonds is 6. The molecule has 0 aliphatic carbocycles. The normalized spacial score (nSPS) is 25.2. The summed E-state index contributed by atoms with van der Waals surface area (Å²) in [6, 6.07) is 0. The van der Waals surface area contributed by atoms with Crippen molar-refractivity contribution >= 4 is 11.6 Å². The highest BCUT2D eigenvalue weighted by molar-refractivity contribution is 6.18. The number of aliphatic hydroxyl groups is 6. The summed E-state index contributed by atoms with van der Waals surface area (Å²) in [5, 5.41) is 52.2. The zero-order valence-electron chi connectivity index (χ0n) is 9.18. The molecule has 1 heterocycles. The van der Waals surface area contributed by atoms with Gasteiger partial charge in [0.2, 0.25) is 0 Å². The molecular formula is C9H19ClO7. The monoisotopic (exact) mass is 274 g/mol. The minimum atomic E-state index is -1.67. The molecule has 0 radical (unpaired) electrons. The number of hydrogen-bond donors (Lipinski definition) is 6. The molecule has 5 unspecified atom stereocenters. The molecule has 0 amide bonds. The lowest BCUT2D eigenvalue weighted by Gasteiger charge is -2.24. The number of aliphatic hydroxyl groups excluding tert-OH is 6. The highest BCUT2D eigenvalue weighted by atomic mass is 35.5. The Morgan fingerprint density at radius 2 is 1.35 bits per heavy atom. The first-order valence-corrected chi connectivity index (χ1v) is 5.62. The molecular weight excluding hydrogens is 256 g/mol. The van der Waals surface area contributed by atoms with E-state index in [0.29, 0.717) is 12.0 Å². The molecule has 0 aromatic heterocycles. The Kier molecular flexibility index (Phi) is 9.01. The van der Waals surface area contributed by atoms with Crippen LogP contribution in [0.25, 0.3) is 0 Å². The quantitative estimate of drug-likeness (QED) is 0.225. The van der Waals surface area contributed by atoms with Crippen LogP contribution < -0.4 is 0 Å². The van der Waals surface area contributed by atoms with E-state index in [1.54, 1.807) is 0 Å². The van der Waals surface area contributed by atoms with Crippen LogP contribution in [0.3, 0.4) is 0 Å². The molecule has 0 aromatic carbocycles. The van der Waals surface area contributed by atoms with Crippen LogP contribution in [0, 0.1) is 0 Å². The van der Waals surface area contributed by atoms with Gasteiger partial charge < -0.3 is 35.4 Å². The lowest BCUT2D eigenvalue weighted by molar-refractivity contribution is -0.123. The first-order chi connectivity index (χ1) is 7.97. The highest BCUT2D eigenvalue weighted by Gasteiger charge is 2.29. The third-order valence-electron chi connectivity index (χ3n) is 2.09. The predicted molar refractivity (Wildman–Crippen MR) is 58.7 cm³/mol. The van der Waals surface area contributed by atoms with Gasteiger partial charge in [-0.2, -0.15) is 0 Å². The largest absolute Gasteiger partial charge is 0.394 e. The summed E-state index contributed by atoms with van der Waals surface area (Å²) < 4.78 is 4.73. The van der Waals surface area contributed by atoms with Crippen LogP contribution in [0.1, 0.15) is 0 Å². The van der Waals surface area contributed by atoms with Gasteiger partial charge in [0.25, 0.3) is 0 Å². The van der Waals surface area contributed by atoms with Crippen LogP contribution in [-0.4, -0.2) is 86.9 Å². The summed E-state index contributed by atoms with van der Waals surface area (Å²) in [6.45, 7) is -0.573. The van der Waals surface area contributed by atoms with Crippen molar-refractivity contribution in [2.45, 2.75) is 30.5 Å². The van der Waals surface area contributed by atoms with E-state index in [4.69, 9.17) is 47.0 Å². The molecule has 0 bridgehead atoms. The van der Waals surface area contributed by atoms with Gasteiger partial charge in [0.1, 0.15) is 24.4 Å². The lowest BCUT2D eigenvalue weighted by Crippen LogP contribution is -2.46. The van der Waals surface area contributed by atoms with E-state index in [0.717, 1.165) is 6.61 Å². The van der Waals surface area contributed by atoms with Crippen molar-refractivity contribution in [3.05, 3.63) is 0 Å². The average Bonchev–Trinajstić information content (AvgIpc) is 3.19. The molecule has 0 aromatic rings. The summed E-state index contributed by atoms with van der Waals surface area (Å²) in [5.41, 5.74) is 0. The summed E-state index contributed by atoms with van der Waals surface area (Å²) >= 11 is 5.27. The molecule has 6 N–H and O–H groups in total. The summed E-state index contributed by atoms with van der Waals surface area (Å²) in [7, 11) is 0. The molecule has 17 heavy (non-hydrogen) atoms. The molecule has 5 atom stereocenters. The van der Waals surface area contributed by atoms with Gasteiger partial charge in [-0.05, 0) is 0 Å². The molecule has 0 spiro atoms. The molecule has 1 rings (SSSR count). The Morgan fingerprint density at radius 1 is 1.00 bits per heavy atom. The Hall–Kier alpha value is 0.01000. The second-order valence-electron chi connectivity index (χ2n) is 3.59. The second-order valence-corrected chi connectivity index (χ2v) is 3.90. The van der Waals surface area contributed by atoms with Crippen molar-refractivity contribution in [2.75, 3.05) is 25.7 Å². The van der Waals surface area contributed by atoms with E-state index in [1.807, 2.05) is 0 Å². The Morgan fingerprint density at radius 3 is 1.47 bits per heavy atom. The predicted octanol–water partition coefficient (Wildman–Crippen LogP) is -2.96.